The molecule has 0 atom stereocenters. The van der Waals surface area contributed by atoms with Gasteiger partial charge in [0, 0.05) is 13.1 Å². The smallest absolute Gasteiger partial charge is 0.410 e. The van der Waals surface area contributed by atoms with Gasteiger partial charge in [0.1, 0.15) is 17.2 Å². The van der Waals surface area contributed by atoms with E-state index in [0.717, 1.165) is 5.56 Å². The highest BCUT2D eigenvalue weighted by Gasteiger charge is 2.33. The number of hydrogen-bond donors (Lipinski definition) is 0. The molecule has 27 heavy (non-hydrogen) atoms. The first-order chi connectivity index (χ1) is 12.6. The summed E-state index contributed by atoms with van der Waals surface area (Å²) < 4.78 is 44.4. The zero-order valence-corrected chi connectivity index (χ0v) is 17.0. The van der Waals surface area contributed by atoms with Crippen LogP contribution in [0.5, 0.6) is 0 Å². The number of amides is 1. The van der Waals surface area contributed by atoms with E-state index in [-0.39, 0.29) is 0 Å². The number of carbonyl (C=O) groups excluding carboxylic acids is 1. The van der Waals surface area contributed by atoms with Gasteiger partial charge in [-0.15, -0.1) is 0 Å². The van der Waals surface area contributed by atoms with Crippen molar-refractivity contribution in [1.82, 2.24) is 4.90 Å². The van der Waals surface area contributed by atoms with Crippen molar-refractivity contribution in [3.63, 3.8) is 0 Å². The lowest BCUT2D eigenvalue weighted by Crippen LogP contribution is -2.45. The Morgan fingerprint density at radius 2 is 1.81 bits per heavy atom. The largest absolute Gasteiger partial charge is 0.444 e. The molecular formula is C20H28FNO4S. The van der Waals surface area contributed by atoms with Crippen molar-refractivity contribution in [2.24, 2.45) is 0 Å². The fraction of sp³-hybridized carbons (Fsp3) is 0.550. The lowest BCUT2D eigenvalue weighted by Gasteiger charge is -2.33. The van der Waals surface area contributed by atoms with E-state index in [4.69, 9.17) is 4.74 Å². The molecule has 1 amide bonds. The van der Waals surface area contributed by atoms with E-state index < -0.39 is 38.4 Å². The predicted molar refractivity (Wildman–Crippen MR) is 104 cm³/mol. The number of hydrogen-bond acceptors (Lipinski definition) is 4. The predicted octanol–water partition coefficient (Wildman–Crippen LogP) is 3.90. The molecule has 7 heteroatoms. The lowest BCUT2D eigenvalue weighted by atomic mass is 10.1. The van der Waals surface area contributed by atoms with Gasteiger partial charge in [0.05, 0.1) is 5.25 Å². The monoisotopic (exact) mass is 397 g/mol. The van der Waals surface area contributed by atoms with Gasteiger partial charge in [0.2, 0.25) is 0 Å². The van der Waals surface area contributed by atoms with Crippen LogP contribution in [0, 0.1) is 0 Å². The summed E-state index contributed by atoms with van der Waals surface area (Å²) in [5, 5.41) is -0.632. The fourth-order valence-corrected chi connectivity index (χ4v) is 4.60. The molecule has 1 aliphatic rings. The molecule has 0 aromatic heterocycles. The van der Waals surface area contributed by atoms with Crippen molar-refractivity contribution >= 4 is 15.9 Å². The summed E-state index contributed by atoms with van der Waals surface area (Å²) in [6.07, 6.45) is 1.84. The number of allylic oxidation sites excluding steroid dienone is 1. The summed E-state index contributed by atoms with van der Waals surface area (Å²) in [4.78, 5) is 13.6. The van der Waals surface area contributed by atoms with Crippen molar-refractivity contribution in [3.05, 3.63) is 47.8 Å². The third kappa shape index (κ3) is 6.97. The first-order valence-electron chi connectivity index (χ1n) is 9.15. The van der Waals surface area contributed by atoms with Crippen LogP contribution in [-0.2, 0) is 21.0 Å². The highest BCUT2D eigenvalue weighted by molar-refractivity contribution is 7.92. The molecule has 5 nitrogen and oxygen atoms in total. The van der Waals surface area contributed by atoms with Crippen LogP contribution < -0.4 is 0 Å². The number of likely N-dealkylation sites (tertiary alicyclic amines) is 1. The summed E-state index contributed by atoms with van der Waals surface area (Å²) in [5.74, 6) is -1.22. The molecule has 0 spiro atoms. The van der Waals surface area contributed by atoms with Crippen LogP contribution in [0.4, 0.5) is 9.18 Å². The second kappa shape index (κ2) is 8.87. The van der Waals surface area contributed by atoms with Gasteiger partial charge in [-0.25, -0.2) is 17.6 Å². The van der Waals surface area contributed by atoms with Crippen LogP contribution in [0.2, 0.25) is 0 Å². The Morgan fingerprint density at radius 3 is 2.37 bits per heavy atom. The van der Waals surface area contributed by atoms with Crippen molar-refractivity contribution in [1.29, 1.82) is 0 Å². The van der Waals surface area contributed by atoms with Crippen LogP contribution >= 0.6 is 0 Å². The molecule has 0 unspecified atom stereocenters. The van der Waals surface area contributed by atoms with Crippen molar-refractivity contribution < 1.29 is 22.3 Å². The van der Waals surface area contributed by atoms with Crippen LogP contribution in [0.3, 0.4) is 0 Å². The number of benzene rings is 1. The normalized spacial score (nSPS) is 17.0. The minimum absolute atomic E-state index is 0.299. The SMILES string of the molecule is CC(C)(C)OC(=O)N1CCC(S(=O)(=O)CC(F)=CCc2ccccc2)CC1. The molecular weight excluding hydrogens is 369 g/mol. The van der Waals surface area contributed by atoms with E-state index in [2.05, 4.69) is 0 Å². The molecule has 0 bridgehead atoms. The molecule has 0 N–H and O–H groups in total. The van der Waals surface area contributed by atoms with Gasteiger partial charge in [-0.05, 0) is 51.7 Å². The van der Waals surface area contributed by atoms with Gasteiger partial charge < -0.3 is 9.64 Å². The van der Waals surface area contributed by atoms with Gasteiger partial charge in [0.15, 0.2) is 9.84 Å². The molecule has 1 saturated heterocycles. The molecule has 1 aromatic carbocycles. The number of carbonyl (C=O) groups is 1. The van der Waals surface area contributed by atoms with Crippen LogP contribution in [-0.4, -0.2) is 49.1 Å². The van der Waals surface area contributed by atoms with E-state index in [0.29, 0.717) is 32.4 Å². The zero-order chi connectivity index (χ0) is 20.1. The lowest BCUT2D eigenvalue weighted by molar-refractivity contribution is 0.0217. The summed E-state index contributed by atoms with van der Waals surface area (Å²) in [6, 6.07) is 9.32. The Morgan fingerprint density at radius 1 is 1.22 bits per heavy atom. The summed E-state index contributed by atoms with van der Waals surface area (Å²) in [6.45, 7) is 5.95. The van der Waals surface area contributed by atoms with Crippen LogP contribution in [0.1, 0.15) is 39.2 Å². The third-order valence-corrected chi connectivity index (χ3v) is 6.51. The van der Waals surface area contributed by atoms with E-state index in [1.807, 2.05) is 30.3 Å². The highest BCUT2D eigenvalue weighted by atomic mass is 32.2. The maximum atomic E-state index is 14.1. The molecule has 2 rings (SSSR count). The average Bonchev–Trinajstić information content (AvgIpc) is 2.59. The number of nitrogens with zero attached hydrogens (tertiary/aromatic N) is 1. The molecule has 1 aromatic rings. The van der Waals surface area contributed by atoms with Gasteiger partial charge in [-0.3, -0.25) is 0 Å². The van der Waals surface area contributed by atoms with Crippen molar-refractivity contribution in [2.75, 3.05) is 18.8 Å². The number of halogens is 1. The Bertz CT molecular complexity index is 761. The average molecular weight is 398 g/mol. The Balaban J connectivity index is 1.88. The Labute approximate surface area is 161 Å². The summed E-state index contributed by atoms with van der Waals surface area (Å²) >= 11 is 0. The van der Waals surface area contributed by atoms with Crippen molar-refractivity contribution in [2.45, 2.75) is 50.9 Å². The first kappa shape index (κ1) is 21.4. The number of sulfone groups is 1. The molecule has 0 aliphatic carbocycles. The topological polar surface area (TPSA) is 63.7 Å². The van der Waals surface area contributed by atoms with Crippen LogP contribution in [0.15, 0.2) is 42.2 Å². The molecule has 1 aliphatic heterocycles. The Hall–Kier alpha value is -1.89. The van der Waals surface area contributed by atoms with Gasteiger partial charge in [0.25, 0.3) is 0 Å². The zero-order valence-electron chi connectivity index (χ0n) is 16.2. The second-order valence-corrected chi connectivity index (χ2v) is 10.1. The second-order valence-electron chi connectivity index (χ2n) is 7.81. The molecule has 1 heterocycles. The molecule has 0 saturated carbocycles. The summed E-state index contributed by atoms with van der Waals surface area (Å²) in [7, 11) is -3.59. The fourth-order valence-electron chi connectivity index (χ4n) is 2.94. The maximum absolute atomic E-state index is 14.1. The Kier molecular flexibility index (Phi) is 7.03. The molecule has 0 radical (unpaired) electrons. The van der Waals surface area contributed by atoms with Crippen molar-refractivity contribution in [3.8, 4) is 0 Å². The van der Waals surface area contributed by atoms with Gasteiger partial charge in [-0.2, -0.15) is 0 Å². The molecule has 1 fully saturated rings. The third-order valence-electron chi connectivity index (χ3n) is 4.34. The minimum Gasteiger partial charge on any atom is -0.444 e. The summed E-state index contributed by atoms with van der Waals surface area (Å²) in [5.41, 5.74) is 0.336. The van der Waals surface area contributed by atoms with E-state index in [9.17, 15) is 17.6 Å². The minimum atomic E-state index is -3.59. The van der Waals surface area contributed by atoms with E-state index >= 15 is 0 Å². The van der Waals surface area contributed by atoms with Crippen LogP contribution in [0.25, 0.3) is 0 Å². The number of rotatable bonds is 5. The maximum Gasteiger partial charge on any atom is 0.410 e. The molecule has 150 valence electrons. The first-order valence-corrected chi connectivity index (χ1v) is 10.9. The van der Waals surface area contributed by atoms with E-state index in [1.165, 1.54) is 11.0 Å². The van der Waals surface area contributed by atoms with Gasteiger partial charge in [-0.1, -0.05) is 30.3 Å². The highest BCUT2D eigenvalue weighted by Crippen LogP contribution is 2.22. The standard InChI is InChI=1S/C20H28FNO4S/c1-20(2,3)26-19(23)22-13-11-18(12-14-22)27(24,25)15-17(21)10-9-16-7-5-4-6-8-16/h4-8,10,18H,9,11-15H2,1-3H3. The van der Waals surface area contributed by atoms with E-state index in [1.54, 1.807) is 20.8 Å². The number of ether oxygens (including phenoxy) is 1. The number of piperidine rings is 1. The van der Waals surface area contributed by atoms with Gasteiger partial charge >= 0.3 is 6.09 Å². The quantitative estimate of drug-likeness (QED) is 0.756.